The lowest BCUT2D eigenvalue weighted by atomic mass is 10.1. The number of nitrogens with zero attached hydrogens (tertiary/aromatic N) is 2. The highest BCUT2D eigenvalue weighted by Crippen LogP contribution is 2.13. The van der Waals surface area contributed by atoms with Gasteiger partial charge in [0, 0.05) is 14.2 Å². The van der Waals surface area contributed by atoms with E-state index in [2.05, 4.69) is 5.32 Å². The van der Waals surface area contributed by atoms with Crippen LogP contribution in [0.15, 0.2) is 0 Å². The van der Waals surface area contributed by atoms with E-state index in [0.29, 0.717) is 4.31 Å². The molecule has 0 bridgehead atoms. The second kappa shape index (κ2) is 6.58. The average molecular weight is 323 g/mol. The van der Waals surface area contributed by atoms with Crippen molar-refractivity contribution in [1.82, 2.24) is 14.5 Å². The molecule has 0 unspecified atom stereocenters. The molecule has 4 amide bonds. The van der Waals surface area contributed by atoms with E-state index in [1.54, 1.807) is 6.92 Å². The van der Waals surface area contributed by atoms with Crippen molar-refractivity contribution in [2.75, 3.05) is 46.7 Å². The van der Waals surface area contributed by atoms with Gasteiger partial charge in [-0.05, 0) is 6.92 Å². The molecule has 1 fully saturated rings. The lowest BCUT2D eigenvalue weighted by Gasteiger charge is -2.28. The quantitative estimate of drug-likeness (QED) is 0.703. The maximum absolute atomic E-state index is 12.0. The number of carbonyl (C=O) groups is 2. The Labute approximate surface area is 124 Å². The van der Waals surface area contributed by atoms with Crippen molar-refractivity contribution in [3.8, 4) is 0 Å². The van der Waals surface area contributed by atoms with E-state index in [4.69, 9.17) is 9.47 Å². The van der Waals surface area contributed by atoms with Gasteiger partial charge in [0.1, 0.15) is 5.60 Å². The van der Waals surface area contributed by atoms with E-state index in [1.165, 1.54) is 14.2 Å². The highest BCUT2D eigenvalue weighted by Gasteiger charge is 2.38. The van der Waals surface area contributed by atoms with Gasteiger partial charge in [-0.1, -0.05) is 0 Å². The van der Waals surface area contributed by atoms with Gasteiger partial charge >= 0.3 is 12.1 Å². The van der Waals surface area contributed by atoms with Crippen LogP contribution >= 0.6 is 0 Å². The number of sulfonamides is 1. The molecule has 122 valence electrons. The van der Waals surface area contributed by atoms with Gasteiger partial charge in [-0.3, -0.25) is 0 Å². The van der Waals surface area contributed by atoms with Crippen LogP contribution in [-0.4, -0.2) is 82.0 Å². The van der Waals surface area contributed by atoms with Crippen molar-refractivity contribution in [2.45, 2.75) is 12.5 Å². The van der Waals surface area contributed by atoms with Crippen LogP contribution in [0.5, 0.6) is 0 Å². The first-order chi connectivity index (χ1) is 9.64. The van der Waals surface area contributed by atoms with Crippen LogP contribution in [0.1, 0.15) is 6.92 Å². The zero-order valence-corrected chi connectivity index (χ0v) is 13.4. The lowest BCUT2D eigenvalue weighted by Crippen LogP contribution is -2.50. The molecular formula is C11H21N3O6S. The van der Waals surface area contributed by atoms with Crippen molar-refractivity contribution in [3.63, 3.8) is 0 Å². The van der Waals surface area contributed by atoms with Crippen molar-refractivity contribution in [1.29, 1.82) is 0 Å². The maximum atomic E-state index is 12.0. The number of imide groups is 1. The Balaban J connectivity index is 2.64. The summed E-state index contributed by atoms with van der Waals surface area (Å²) in [6, 6.07) is -1.51. The number of hydrogen-bond acceptors (Lipinski definition) is 6. The molecule has 0 aromatic heterocycles. The molecule has 0 radical (unpaired) electrons. The first kappa shape index (κ1) is 17.7. The summed E-state index contributed by atoms with van der Waals surface area (Å²) in [5.41, 5.74) is -0.732. The number of hydrogen-bond donors (Lipinski definition) is 1. The van der Waals surface area contributed by atoms with Gasteiger partial charge in [0.2, 0.25) is 10.0 Å². The second-order valence-corrected chi connectivity index (χ2v) is 6.92. The molecule has 0 saturated carbocycles. The van der Waals surface area contributed by atoms with Crippen LogP contribution in [0.2, 0.25) is 0 Å². The Morgan fingerprint density at radius 2 is 2.00 bits per heavy atom. The minimum Gasteiger partial charge on any atom is -0.382 e. The van der Waals surface area contributed by atoms with Crippen LogP contribution in [-0.2, 0) is 19.5 Å². The highest BCUT2D eigenvalue weighted by molar-refractivity contribution is 7.88. The van der Waals surface area contributed by atoms with Gasteiger partial charge in [0.25, 0.3) is 0 Å². The van der Waals surface area contributed by atoms with E-state index in [0.717, 1.165) is 11.2 Å². The molecule has 1 rings (SSSR count). The van der Waals surface area contributed by atoms with Gasteiger partial charge < -0.3 is 14.8 Å². The standard InChI is InChI=1S/C11H21N3O6S/c1-11(20-3,8-19-2)7-12-9(15)13-5-6-14(10(13)16)21(4,17)18/h5-8H2,1-4H3,(H,12,15)/t11-/m0/s1. The lowest BCUT2D eigenvalue weighted by molar-refractivity contribution is -0.0477. The second-order valence-electron chi connectivity index (χ2n) is 5.02. The first-order valence-corrected chi connectivity index (χ1v) is 8.10. The topological polar surface area (TPSA) is 105 Å². The summed E-state index contributed by atoms with van der Waals surface area (Å²) in [6.07, 6.45) is 0.923. The Morgan fingerprint density at radius 3 is 2.43 bits per heavy atom. The van der Waals surface area contributed by atoms with E-state index in [9.17, 15) is 18.0 Å². The van der Waals surface area contributed by atoms with E-state index in [-0.39, 0.29) is 26.2 Å². The van der Waals surface area contributed by atoms with Gasteiger partial charge in [-0.25, -0.2) is 27.2 Å². The molecule has 21 heavy (non-hydrogen) atoms. The third-order valence-electron chi connectivity index (χ3n) is 3.17. The zero-order chi connectivity index (χ0) is 16.3. The maximum Gasteiger partial charge on any atom is 0.341 e. The Bertz CT molecular complexity index is 508. The Hall–Kier alpha value is -1.39. The van der Waals surface area contributed by atoms with Gasteiger partial charge in [-0.15, -0.1) is 0 Å². The van der Waals surface area contributed by atoms with Crippen LogP contribution in [0.25, 0.3) is 0 Å². The van der Waals surface area contributed by atoms with Crippen LogP contribution in [0, 0.1) is 0 Å². The zero-order valence-electron chi connectivity index (χ0n) is 12.6. The first-order valence-electron chi connectivity index (χ1n) is 6.26. The summed E-state index contributed by atoms with van der Waals surface area (Å²) >= 11 is 0. The largest absolute Gasteiger partial charge is 0.382 e. The summed E-state index contributed by atoms with van der Waals surface area (Å²) in [5, 5.41) is 2.54. The molecular weight excluding hydrogens is 302 g/mol. The SMILES string of the molecule is COC[C@](C)(CNC(=O)N1CCN(S(C)(=O)=O)C1=O)OC. The molecule has 0 aromatic carbocycles. The monoisotopic (exact) mass is 323 g/mol. The smallest absolute Gasteiger partial charge is 0.341 e. The molecule has 1 atom stereocenters. The summed E-state index contributed by atoms with van der Waals surface area (Å²) in [4.78, 5) is 24.7. The fraction of sp³-hybridized carbons (Fsp3) is 0.818. The van der Waals surface area contributed by atoms with Gasteiger partial charge in [0.05, 0.1) is 32.5 Å². The normalized spacial score (nSPS) is 18.8. The fourth-order valence-electron chi connectivity index (χ4n) is 1.86. The van der Waals surface area contributed by atoms with Crippen molar-refractivity contribution >= 4 is 22.1 Å². The van der Waals surface area contributed by atoms with Crippen LogP contribution in [0.4, 0.5) is 9.59 Å². The number of ether oxygens (including phenoxy) is 2. The highest BCUT2D eigenvalue weighted by atomic mass is 32.2. The number of methoxy groups -OCH3 is 2. The summed E-state index contributed by atoms with van der Waals surface area (Å²) in [5.74, 6) is 0. The molecule has 0 aliphatic carbocycles. The van der Waals surface area contributed by atoms with Crippen molar-refractivity contribution < 1.29 is 27.5 Å². The third-order valence-corrected chi connectivity index (χ3v) is 4.31. The molecule has 1 aliphatic heterocycles. The van der Waals surface area contributed by atoms with E-state index in [1.807, 2.05) is 0 Å². The van der Waals surface area contributed by atoms with Crippen LogP contribution in [0.3, 0.4) is 0 Å². The van der Waals surface area contributed by atoms with Gasteiger partial charge in [0.15, 0.2) is 0 Å². The predicted molar refractivity (Wildman–Crippen MR) is 74.3 cm³/mol. The summed E-state index contributed by atoms with van der Waals surface area (Å²) < 4.78 is 33.6. The van der Waals surface area contributed by atoms with E-state index >= 15 is 0 Å². The minimum absolute atomic E-state index is 0.0196. The predicted octanol–water partition coefficient (Wildman–Crippen LogP) is -0.555. The molecule has 0 aromatic rings. The molecule has 0 spiro atoms. The Kier molecular flexibility index (Phi) is 5.54. The molecule has 9 nitrogen and oxygen atoms in total. The number of amides is 4. The number of nitrogens with one attached hydrogen (secondary N) is 1. The molecule has 1 N–H and O–H groups in total. The Morgan fingerprint density at radius 1 is 1.38 bits per heavy atom. The van der Waals surface area contributed by atoms with Crippen molar-refractivity contribution in [3.05, 3.63) is 0 Å². The number of rotatable bonds is 6. The molecule has 1 aliphatic rings. The van der Waals surface area contributed by atoms with Gasteiger partial charge in [-0.2, -0.15) is 0 Å². The fourth-order valence-corrected chi connectivity index (χ4v) is 2.65. The van der Waals surface area contributed by atoms with Crippen LogP contribution < -0.4 is 5.32 Å². The number of carbonyl (C=O) groups excluding carboxylic acids is 2. The summed E-state index contributed by atoms with van der Waals surface area (Å²) in [7, 11) is -0.667. The van der Waals surface area contributed by atoms with Crippen molar-refractivity contribution in [2.24, 2.45) is 0 Å². The molecule has 1 heterocycles. The van der Waals surface area contributed by atoms with E-state index < -0.39 is 27.7 Å². The average Bonchev–Trinajstić information content (AvgIpc) is 2.78. The number of urea groups is 2. The third kappa shape index (κ3) is 4.29. The molecule has 10 heteroatoms. The molecule has 1 saturated heterocycles. The minimum atomic E-state index is -3.66. The summed E-state index contributed by atoms with van der Waals surface area (Å²) in [6.45, 7) is 2.10.